The van der Waals surface area contributed by atoms with Crippen LogP contribution >= 0.6 is 11.8 Å². The fourth-order valence-corrected chi connectivity index (χ4v) is 7.74. The van der Waals surface area contributed by atoms with Crippen LogP contribution in [0, 0.1) is 11.8 Å². The van der Waals surface area contributed by atoms with Gasteiger partial charge >= 0.3 is 0 Å². The summed E-state index contributed by atoms with van der Waals surface area (Å²) in [6, 6.07) is 18.1. The molecular weight excluding hydrogens is 584 g/mol. The maximum absolute atomic E-state index is 13.7. The highest BCUT2D eigenvalue weighted by Gasteiger charge is 2.42. The maximum atomic E-state index is 13.7. The Hall–Kier alpha value is -2.88. The van der Waals surface area contributed by atoms with E-state index in [-0.39, 0.29) is 35.8 Å². The van der Waals surface area contributed by atoms with E-state index in [4.69, 9.17) is 0 Å². The fourth-order valence-electron chi connectivity index (χ4n) is 6.73. The Bertz CT molecular complexity index is 1240. The van der Waals surface area contributed by atoms with Crippen molar-refractivity contribution in [1.29, 1.82) is 0 Å². The monoisotopic (exact) mass is 636 g/mol. The van der Waals surface area contributed by atoms with Gasteiger partial charge in [-0.1, -0.05) is 79.9 Å². The second-order valence-corrected chi connectivity index (χ2v) is 14.9. The van der Waals surface area contributed by atoms with E-state index in [1.807, 2.05) is 81.4 Å². The first kappa shape index (κ1) is 35.0. The van der Waals surface area contributed by atoms with Crippen LogP contribution in [-0.2, 0) is 26.6 Å². The normalized spacial score (nSPS) is 22.4. The molecule has 1 heterocycles. The van der Waals surface area contributed by atoms with E-state index in [2.05, 4.69) is 20.9 Å². The summed E-state index contributed by atoms with van der Waals surface area (Å²) in [6.07, 6.45) is 5.01. The summed E-state index contributed by atoms with van der Waals surface area (Å²) < 4.78 is 0. The molecule has 9 heteroatoms. The van der Waals surface area contributed by atoms with Crippen molar-refractivity contribution in [2.24, 2.45) is 11.8 Å². The van der Waals surface area contributed by atoms with Crippen molar-refractivity contribution >= 4 is 29.5 Å². The minimum Gasteiger partial charge on any atom is -0.390 e. The molecule has 0 radical (unpaired) electrons. The number of rotatable bonds is 13. The molecule has 0 unspecified atom stereocenters. The minimum atomic E-state index is -0.922. The number of aliphatic hydroxyl groups excluding tert-OH is 1. The highest BCUT2D eigenvalue weighted by Crippen LogP contribution is 2.39. The zero-order valence-corrected chi connectivity index (χ0v) is 28.2. The molecule has 4 rings (SSSR count). The predicted molar refractivity (Wildman–Crippen MR) is 182 cm³/mol. The number of thioether (sulfide) groups is 1. The van der Waals surface area contributed by atoms with Crippen molar-refractivity contribution in [3.05, 3.63) is 71.8 Å². The molecule has 4 N–H and O–H groups in total. The zero-order chi connectivity index (χ0) is 32.4. The largest absolute Gasteiger partial charge is 0.390 e. The SMILES string of the molecule is CC(=O)N[C@H](CSCc1ccccc1)C(=O)N[C@@H](Cc1ccccc1)[C@H](O)CN1C[C@H]2CCCC[C@H]2C[C@H]1C(=O)NC(C)(C)C. The van der Waals surface area contributed by atoms with Gasteiger partial charge in [0.25, 0.3) is 0 Å². The van der Waals surface area contributed by atoms with E-state index in [9.17, 15) is 19.5 Å². The second-order valence-electron chi connectivity index (χ2n) is 13.9. The van der Waals surface area contributed by atoms with E-state index < -0.39 is 18.2 Å². The van der Waals surface area contributed by atoms with Crippen molar-refractivity contribution in [2.75, 3.05) is 18.8 Å². The van der Waals surface area contributed by atoms with Crippen LogP contribution in [0.1, 0.15) is 70.9 Å². The number of likely N-dealkylation sites (tertiary alicyclic amines) is 1. The molecule has 6 atom stereocenters. The first-order valence-electron chi connectivity index (χ1n) is 16.5. The molecule has 0 spiro atoms. The first-order chi connectivity index (χ1) is 21.5. The average molecular weight is 637 g/mol. The molecule has 0 aromatic heterocycles. The van der Waals surface area contributed by atoms with Gasteiger partial charge < -0.3 is 21.1 Å². The predicted octanol–water partition coefficient (Wildman–Crippen LogP) is 4.31. The van der Waals surface area contributed by atoms with Gasteiger partial charge in [-0.05, 0) is 63.0 Å². The van der Waals surface area contributed by atoms with Crippen LogP contribution in [0.25, 0.3) is 0 Å². The number of carbonyl (C=O) groups is 3. The number of fused-ring (bicyclic) bond motifs is 1. The topological polar surface area (TPSA) is 111 Å². The number of carbonyl (C=O) groups excluding carboxylic acids is 3. The number of piperidine rings is 1. The number of nitrogens with one attached hydrogen (secondary N) is 3. The highest BCUT2D eigenvalue weighted by molar-refractivity contribution is 7.98. The summed E-state index contributed by atoms with van der Waals surface area (Å²) in [6.45, 7) is 8.43. The molecular formula is C36H52N4O4S. The van der Waals surface area contributed by atoms with E-state index in [0.717, 1.165) is 42.7 Å². The van der Waals surface area contributed by atoms with Crippen molar-refractivity contribution in [3.8, 4) is 0 Å². The summed E-state index contributed by atoms with van der Waals surface area (Å²) in [5, 5.41) is 20.9. The van der Waals surface area contributed by atoms with E-state index >= 15 is 0 Å². The molecule has 8 nitrogen and oxygen atoms in total. The third kappa shape index (κ3) is 11.2. The Balaban J connectivity index is 1.50. The lowest BCUT2D eigenvalue weighted by atomic mass is 9.72. The Morgan fingerprint density at radius 2 is 1.56 bits per heavy atom. The van der Waals surface area contributed by atoms with Gasteiger partial charge in [0, 0.05) is 37.1 Å². The van der Waals surface area contributed by atoms with Crippen molar-refractivity contribution < 1.29 is 19.5 Å². The third-order valence-corrected chi connectivity index (χ3v) is 10.0. The van der Waals surface area contributed by atoms with Crippen molar-refractivity contribution in [2.45, 2.75) is 102 Å². The molecule has 2 aliphatic rings. The smallest absolute Gasteiger partial charge is 0.243 e. The van der Waals surface area contributed by atoms with Gasteiger partial charge in [-0.25, -0.2) is 0 Å². The number of amides is 3. The molecule has 1 aliphatic carbocycles. The van der Waals surface area contributed by atoms with Gasteiger partial charge in [0.15, 0.2) is 0 Å². The average Bonchev–Trinajstić information content (AvgIpc) is 3.00. The number of hydrogen-bond acceptors (Lipinski definition) is 6. The Morgan fingerprint density at radius 1 is 0.933 bits per heavy atom. The van der Waals surface area contributed by atoms with Crippen LogP contribution in [0.2, 0.25) is 0 Å². The lowest BCUT2D eigenvalue weighted by molar-refractivity contribution is -0.133. The molecule has 2 aromatic rings. The number of hydrogen-bond donors (Lipinski definition) is 4. The highest BCUT2D eigenvalue weighted by atomic mass is 32.2. The van der Waals surface area contributed by atoms with E-state index in [1.54, 1.807) is 11.8 Å². The minimum absolute atomic E-state index is 0.00327. The van der Waals surface area contributed by atoms with Gasteiger partial charge in [-0.2, -0.15) is 11.8 Å². The van der Waals surface area contributed by atoms with Gasteiger partial charge in [-0.3, -0.25) is 19.3 Å². The molecule has 246 valence electrons. The van der Waals surface area contributed by atoms with Crippen LogP contribution in [0.3, 0.4) is 0 Å². The second kappa shape index (κ2) is 16.6. The van der Waals surface area contributed by atoms with Crippen molar-refractivity contribution in [3.63, 3.8) is 0 Å². The first-order valence-corrected chi connectivity index (χ1v) is 17.6. The summed E-state index contributed by atoms with van der Waals surface area (Å²) in [7, 11) is 0. The summed E-state index contributed by atoms with van der Waals surface area (Å²) in [4.78, 5) is 41.5. The fraction of sp³-hybridized carbons (Fsp3) is 0.583. The summed E-state index contributed by atoms with van der Waals surface area (Å²) >= 11 is 1.58. The van der Waals surface area contributed by atoms with Gasteiger partial charge in [-0.15, -0.1) is 0 Å². The van der Waals surface area contributed by atoms with Crippen LogP contribution < -0.4 is 16.0 Å². The van der Waals surface area contributed by atoms with Gasteiger partial charge in [0.1, 0.15) is 6.04 Å². The quantitative estimate of drug-likeness (QED) is 0.261. The van der Waals surface area contributed by atoms with Crippen LogP contribution in [0.5, 0.6) is 0 Å². The molecule has 45 heavy (non-hydrogen) atoms. The molecule has 2 aromatic carbocycles. The number of benzene rings is 2. The van der Waals surface area contributed by atoms with E-state index in [1.165, 1.54) is 19.8 Å². The van der Waals surface area contributed by atoms with Gasteiger partial charge in [0.2, 0.25) is 17.7 Å². The molecule has 1 saturated heterocycles. The molecule has 0 bridgehead atoms. The number of β-amino-alcohol motifs (C(OH)–C–C–N with tert-alkyl or cyclic N) is 1. The summed E-state index contributed by atoms with van der Waals surface area (Å²) in [5.41, 5.74) is 1.78. The van der Waals surface area contributed by atoms with Crippen LogP contribution in [0.4, 0.5) is 0 Å². The lowest BCUT2D eigenvalue weighted by Crippen LogP contribution is -2.61. The molecule has 3 amide bonds. The zero-order valence-electron chi connectivity index (χ0n) is 27.3. The Labute approximate surface area is 273 Å². The molecule has 1 aliphatic heterocycles. The lowest BCUT2D eigenvalue weighted by Gasteiger charge is -2.47. The van der Waals surface area contributed by atoms with Crippen molar-refractivity contribution in [1.82, 2.24) is 20.9 Å². The number of aliphatic hydroxyl groups is 1. The Morgan fingerprint density at radius 3 is 2.18 bits per heavy atom. The van der Waals surface area contributed by atoms with Crippen LogP contribution in [-0.4, -0.2) is 76.3 Å². The number of nitrogens with zero attached hydrogens (tertiary/aromatic N) is 1. The third-order valence-electron chi connectivity index (χ3n) is 8.91. The standard InChI is InChI=1S/C36H52N4O4S/c1-25(41)37-31(24-45-23-27-15-9-6-10-16-27)34(43)38-30(19-26-13-7-5-8-14-26)33(42)22-40-21-29-18-12-11-17-28(29)20-32(40)35(44)39-36(2,3)4/h5-10,13-16,28-33,42H,11-12,17-24H2,1-4H3,(H,37,41)(H,38,43)(H,39,44)/t28-,29+,30-,31+,32-,33+/m0/s1. The maximum Gasteiger partial charge on any atom is 0.243 e. The molecule has 2 fully saturated rings. The Kier molecular flexibility index (Phi) is 12.9. The van der Waals surface area contributed by atoms with Gasteiger partial charge in [0.05, 0.1) is 18.2 Å². The summed E-state index contributed by atoms with van der Waals surface area (Å²) in [5.74, 6) is 1.56. The van der Waals surface area contributed by atoms with Crippen LogP contribution in [0.15, 0.2) is 60.7 Å². The van der Waals surface area contributed by atoms with E-state index in [0.29, 0.717) is 24.0 Å². The molecule has 1 saturated carbocycles.